The van der Waals surface area contributed by atoms with Crippen LogP contribution in [0.15, 0.2) is 39.6 Å². The van der Waals surface area contributed by atoms with E-state index in [0.29, 0.717) is 29.8 Å². The third-order valence-electron chi connectivity index (χ3n) is 4.96. The first kappa shape index (κ1) is 19.8. The molecule has 0 aliphatic heterocycles. The van der Waals surface area contributed by atoms with Crippen LogP contribution in [0.2, 0.25) is 0 Å². The molecule has 0 radical (unpaired) electrons. The van der Waals surface area contributed by atoms with E-state index >= 15 is 0 Å². The molecule has 0 aliphatic carbocycles. The van der Waals surface area contributed by atoms with Gasteiger partial charge in [0.1, 0.15) is 11.8 Å². The van der Waals surface area contributed by atoms with Gasteiger partial charge in [0.25, 0.3) is 5.56 Å². The maximum absolute atomic E-state index is 13.4. The fraction of sp³-hybridized carbons (Fsp3) is 0.429. The number of carbonyl (C=O) groups excluding carboxylic acids is 1. The average molecular weight is 382 g/mol. The zero-order chi connectivity index (χ0) is 20.4. The molecule has 0 bridgehead atoms. The van der Waals surface area contributed by atoms with Crippen LogP contribution in [0.5, 0.6) is 0 Å². The molecule has 28 heavy (non-hydrogen) atoms. The standard InChI is InChI=1S/C21H26N4O3/c1-6-17(20(26)24(13(2)3)12-16-10-8-7-9-11-16)25-21(27)19-18(14(4)22-25)15(5)28-23-19/h7-11,13,17H,6,12H2,1-5H3. The lowest BCUT2D eigenvalue weighted by atomic mass is 10.1. The van der Waals surface area contributed by atoms with Crippen molar-refractivity contribution in [1.82, 2.24) is 19.8 Å². The summed E-state index contributed by atoms with van der Waals surface area (Å²) in [7, 11) is 0. The summed E-state index contributed by atoms with van der Waals surface area (Å²) in [5, 5.41) is 8.94. The number of carbonyl (C=O) groups is 1. The number of hydrogen-bond donors (Lipinski definition) is 0. The lowest BCUT2D eigenvalue weighted by Crippen LogP contribution is -2.44. The first-order valence-electron chi connectivity index (χ1n) is 9.54. The highest BCUT2D eigenvalue weighted by molar-refractivity contribution is 5.83. The van der Waals surface area contributed by atoms with Crippen molar-refractivity contribution >= 4 is 16.8 Å². The van der Waals surface area contributed by atoms with Gasteiger partial charge in [-0.1, -0.05) is 42.4 Å². The first-order valence-corrected chi connectivity index (χ1v) is 9.54. The van der Waals surface area contributed by atoms with E-state index in [4.69, 9.17) is 4.52 Å². The van der Waals surface area contributed by atoms with Gasteiger partial charge in [-0.2, -0.15) is 5.10 Å². The molecule has 1 atom stereocenters. The predicted octanol–water partition coefficient (Wildman–Crippen LogP) is 3.39. The summed E-state index contributed by atoms with van der Waals surface area (Å²) in [6.45, 7) is 9.84. The molecular weight excluding hydrogens is 356 g/mol. The zero-order valence-corrected chi connectivity index (χ0v) is 17.0. The van der Waals surface area contributed by atoms with Crippen LogP contribution in [0.25, 0.3) is 10.9 Å². The number of aromatic nitrogens is 3. The van der Waals surface area contributed by atoms with Crippen LogP contribution >= 0.6 is 0 Å². The van der Waals surface area contributed by atoms with E-state index in [1.54, 1.807) is 18.7 Å². The minimum atomic E-state index is -0.696. The minimum absolute atomic E-state index is 0.0171. The molecule has 7 nitrogen and oxygen atoms in total. The lowest BCUT2D eigenvalue weighted by molar-refractivity contribution is -0.137. The molecule has 0 saturated heterocycles. The van der Waals surface area contributed by atoms with Gasteiger partial charge in [0.2, 0.25) is 5.91 Å². The molecule has 7 heteroatoms. The van der Waals surface area contributed by atoms with Crippen molar-refractivity contribution in [2.75, 3.05) is 0 Å². The smallest absolute Gasteiger partial charge is 0.297 e. The quantitative estimate of drug-likeness (QED) is 0.653. The zero-order valence-electron chi connectivity index (χ0n) is 17.0. The molecule has 3 aromatic rings. The second kappa shape index (κ2) is 7.96. The highest BCUT2D eigenvalue weighted by atomic mass is 16.5. The average Bonchev–Trinajstić information content (AvgIpc) is 3.07. The Kier molecular flexibility index (Phi) is 5.63. The van der Waals surface area contributed by atoms with Crippen LogP contribution in [0, 0.1) is 13.8 Å². The molecule has 0 fully saturated rings. The van der Waals surface area contributed by atoms with Crippen LogP contribution in [0.4, 0.5) is 0 Å². The summed E-state index contributed by atoms with van der Waals surface area (Å²) >= 11 is 0. The van der Waals surface area contributed by atoms with E-state index < -0.39 is 11.6 Å². The molecular formula is C21H26N4O3. The number of benzene rings is 1. The van der Waals surface area contributed by atoms with E-state index in [0.717, 1.165) is 5.56 Å². The van der Waals surface area contributed by atoms with Gasteiger partial charge in [-0.25, -0.2) is 4.68 Å². The maximum Gasteiger partial charge on any atom is 0.297 e. The largest absolute Gasteiger partial charge is 0.360 e. The number of amides is 1. The summed E-state index contributed by atoms with van der Waals surface area (Å²) < 4.78 is 6.44. The second-order valence-corrected chi connectivity index (χ2v) is 7.27. The van der Waals surface area contributed by atoms with Crippen LogP contribution in [-0.2, 0) is 11.3 Å². The van der Waals surface area contributed by atoms with E-state index in [2.05, 4.69) is 10.3 Å². The van der Waals surface area contributed by atoms with Crippen molar-refractivity contribution < 1.29 is 9.32 Å². The second-order valence-electron chi connectivity index (χ2n) is 7.27. The van der Waals surface area contributed by atoms with Crippen LogP contribution < -0.4 is 5.56 Å². The Hall–Kier alpha value is -2.96. The molecule has 1 aromatic carbocycles. The highest BCUT2D eigenvalue weighted by Gasteiger charge is 2.29. The van der Waals surface area contributed by atoms with E-state index in [-0.39, 0.29) is 17.5 Å². The number of hydrogen-bond acceptors (Lipinski definition) is 5. The molecule has 0 aliphatic rings. The monoisotopic (exact) mass is 382 g/mol. The summed E-state index contributed by atoms with van der Waals surface area (Å²) in [5.74, 6) is 0.423. The molecule has 2 aromatic heterocycles. The van der Waals surface area contributed by atoms with E-state index in [1.165, 1.54) is 4.68 Å². The molecule has 0 saturated carbocycles. The molecule has 148 valence electrons. The van der Waals surface area contributed by atoms with Gasteiger partial charge in [-0.3, -0.25) is 9.59 Å². The lowest BCUT2D eigenvalue weighted by Gasteiger charge is -2.30. The Morgan fingerprint density at radius 1 is 1.21 bits per heavy atom. The first-order chi connectivity index (χ1) is 13.3. The van der Waals surface area contributed by atoms with E-state index in [1.807, 2.05) is 51.1 Å². The van der Waals surface area contributed by atoms with Crippen molar-refractivity contribution in [3.63, 3.8) is 0 Å². The van der Waals surface area contributed by atoms with Crippen molar-refractivity contribution in [2.24, 2.45) is 0 Å². The van der Waals surface area contributed by atoms with Gasteiger partial charge >= 0.3 is 0 Å². The van der Waals surface area contributed by atoms with Crippen LogP contribution in [0.1, 0.15) is 50.3 Å². The fourth-order valence-corrected chi connectivity index (χ4v) is 3.46. The van der Waals surface area contributed by atoms with Crippen LogP contribution in [0.3, 0.4) is 0 Å². The van der Waals surface area contributed by atoms with Gasteiger partial charge in [0, 0.05) is 12.6 Å². The maximum atomic E-state index is 13.4. The SMILES string of the molecule is CCC(C(=O)N(Cc1ccccc1)C(C)C)n1nc(C)c2c(C)onc2c1=O. The fourth-order valence-electron chi connectivity index (χ4n) is 3.46. The molecule has 1 unspecified atom stereocenters. The predicted molar refractivity (Wildman–Crippen MR) is 107 cm³/mol. The Bertz CT molecular complexity index is 1040. The van der Waals surface area contributed by atoms with Crippen molar-refractivity contribution in [3.8, 4) is 0 Å². The summed E-state index contributed by atoms with van der Waals surface area (Å²) in [5.41, 5.74) is 1.48. The van der Waals surface area contributed by atoms with Gasteiger partial charge in [0.15, 0.2) is 5.52 Å². The summed E-state index contributed by atoms with van der Waals surface area (Å²) in [6.07, 6.45) is 0.450. The topological polar surface area (TPSA) is 81.2 Å². The molecule has 0 N–H and O–H groups in total. The third-order valence-corrected chi connectivity index (χ3v) is 4.96. The number of rotatable bonds is 6. The van der Waals surface area contributed by atoms with Gasteiger partial charge in [-0.05, 0) is 39.7 Å². The van der Waals surface area contributed by atoms with Crippen molar-refractivity contribution in [1.29, 1.82) is 0 Å². The molecule has 1 amide bonds. The van der Waals surface area contributed by atoms with Crippen LogP contribution in [-0.4, -0.2) is 31.8 Å². The van der Waals surface area contributed by atoms with Gasteiger partial charge in [0.05, 0.1) is 11.1 Å². The molecule has 3 rings (SSSR count). The van der Waals surface area contributed by atoms with Gasteiger partial charge in [-0.15, -0.1) is 0 Å². The Morgan fingerprint density at radius 3 is 2.50 bits per heavy atom. The third kappa shape index (κ3) is 3.56. The Labute approximate surface area is 163 Å². The molecule has 0 spiro atoms. The summed E-state index contributed by atoms with van der Waals surface area (Å²) in [6, 6.07) is 9.11. The normalized spacial score (nSPS) is 12.5. The molecule has 2 heterocycles. The Balaban J connectivity index is 2.02. The Morgan fingerprint density at radius 2 is 1.89 bits per heavy atom. The number of fused-ring (bicyclic) bond motifs is 1. The summed E-state index contributed by atoms with van der Waals surface area (Å²) in [4.78, 5) is 28.1. The number of aryl methyl sites for hydroxylation is 2. The van der Waals surface area contributed by atoms with Gasteiger partial charge < -0.3 is 9.42 Å². The van der Waals surface area contributed by atoms with E-state index in [9.17, 15) is 9.59 Å². The highest BCUT2D eigenvalue weighted by Crippen LogP contribution is 2.21. The van der Waals surface area contributed by atoms with Crippen molar-refractivity contribution in [3.05, 3.63) is 57.7 Å². The van der Waals surface area contributed by atoms with Crippen molar-refractivity contribution in [2.45, 2.75) is 59.7 Å². The number of nitrogens with zero attached hydrogens (tertiary/aromatic N) is 4. The minimum Gasteiger partial charge on any atom is -0.360 e.